The number of carbonyl (C=O) groups is 1. The van der Waals surface area contributed by atoms with Crippen LogP contribution in [0.3, 0.4) is 0 Å². The Hall–Kier alpha value is -2.19. The Kier molecular flexibility index (Phi) is 5.58. The molecule has 0 fully saturated rings. The van der Waals surface area contributed by atoms with E-state index in [2.05, 4.69) is 0 Å². The SMILES string of the molecule is C[C@@H](c1ccc(S(C)(=O)=O)cc1)N(C)C(=O)c1cccc(S(C)(=O)=O)c1. The third-order valence-electron chi connectivity index (χ3n) is 4.20. The van der Waals surface area contributed by atoms with Gasteiger partial charge in [0.2, 0.25) is 0 Å². The van der Waals surface area contributed by atoms with Crippen LogP contribution in [0.15, 0.2) is 58.3 Å². The molecule has 0 N–H and O–H groups in total. The molecule has 6 nitrogen and oxygen atoms in total. The molecule has 0 aromatic heterocycles. The van der Waals surface area contributed by atoms with Crippen molar-refractivity contribution in [3.8, 4) is 0 Å². The minimum absolute atomic E-state index is 0.0851. The van der Waals surface area contributed by atoms with Crippen LogP contribution >= 0.6 is 0 Å². The Morgan fingerprint density at radius 3 is 1.92 bits per heavy atom. The predicted molar refractivity (Wildman–Crippen MR) is 99.6 cm³/mol. The summed E-state index contributed by atoms with van der Waals surface area (Å²) in [6.07, 6.45) is 2.22. The van der Waals surface area contributed by atoms with Crippen LogP contribution in [-0.2, 0) is 19.7 Å². The number of sulfone groups is 2. The first-order valence-electron chi connectivity index (χ1n) is 7.78. The summed E-state index contributed by atoms with van der Waals surface area (Å²) in [4.78, 5) is 14.5. The largest absolute Gasteiger partial charge is 0.335 e. The van der Waals surface area contributed by atoms with Crippen molar-refractivity contribution in [3.05, 3.63) is 59.7 Å². The van der Waals surface area contributed by atoms with Crippen LogP contribution in [0, 0.1) is 0 Å². The van der Waals surface area contributed by atoms with Gasteiger partial charge in [-0.3, -0.25) is 4.79 Å². The van der Waals surface area contributed by atoms with Crippen molar-refractivity contribution >= 4 is 25.6 Å². The van der Waals surface area contributed by atoms with E-state index in [9.17, 15) is 21.6 Å². The summed E-state index contributed by atoms with van der Waals surface area (Å²) >= 11 is 0. The molecule has 0 aliphatic heterocycles. The molecule has 1 amide bonds. The van der Waals surface area contributed by atoms with E-state index < -0.39 is 19.7 Å². The predicted octanol–water partition coefficient (Wildman–Crippen LogP) is 2.33. The van der Waals surface area contributed by atoms with Crippen molar-refractivity contribution in [2.24, 2.45) is 0 Å². The summed E-state index contributed by atoms with van der Waals surface area (Å²) in [5.74, 6) is -0.324. The second-order valence-corrected chi connectivity index (χ2v) is 10.3. The van der Waals surface area contributed by atoms with Gasteiger partial charge in [-0.05, 0) is 42.8 Å². The maximum Gasteiger partial charge on any atom is 0.254 e. The van der Waals surface area contributed by atoms with Crippen LogP contribution in [0.25, 0.3) is 0 Å². The first-order valence-corrected chi connectivity index (χ1v) is 11.6. The van der Waals surface area contributed by atoms with Gasteiger partial charge in [-0.25, -0.2) is 16.8 Å². The van der Waals surface area contributed by atoms with Crippen LogP contribution in [0.2, 0.25) is 0 Å². The summed E-state index contributed by atoms with van der Waals surface area (Å²) in [6.45, 7) is 1.81. The first kappa shape index (κ1) is 20.1. The highest BCUT2D eigenvalue weighted by Crippen LogP contribution is 2.23. The third kappa shape index (κ3) is 4.50. The van der Waals surface area contributed by atoms with Crippen LogP contribution in [0.1, 0.15) is 28.9 Å². The summed E-state index contributed by atoms with van der Waals surface area (Å²) in [7, 11) is -5.07. The van der Waals surface area contributed by atoms with Gasteiger partial charge in [-0.15, -0.1) is 0 Å². The molecule has 2 rings (SSSR count). The molecule has 0 spiro atoms. The minimum Gasteiger partial charge on any atom is -0.335 e. The number of benzene rings is 2. The lowest BCUT2D eigenvalue weighted by Gasteiger charge is -2.25. The van der Waals surface area contributed by atoms with Gasteiger partial charge in [0.1, 0.15) is 0 Å². The topological polar surface area (TPSA) is 88.6 Å². The normalized spacial score (nSPS) is 13.2. The fourth-order valence-corrected chi connectivity index (χ4v) is 3.75. The van der Waals surface area contributed by atoms with Crippen molar-refractivity contribution in [1.82, 2.24) is 4.90 Å². The number of nitrogens with zero attached hydrogens (tertiary/aromatic N) is 1. The van der Waals surface area contributed by atoms with Crippen molar-refractivity contribution in [3.63, 3.8) is 0 Å². The fraction of sp³-hybridized carbons (Fsp3) is 0.278. The monoisotopic (exact) mass is 395 g/mol. The van der Waals surface area contributed by atoms with Gasteiger partial charge in [0.25, 0.3) is 5.91 Å². The molecule has 0 unspecified atom stereocenters. The number of hydrogen-bond acceptors (Lipinski definition) is 5. The molecule has 2 aromatic rings. The molecule has 8 heteroatoms. The van der Waals surface area contributed by atoms with Crippen molar-refractivity contribution < 1.29 is 21.6 Å². The van der Waals surface area contributed by atoms with E-state index in [4.69, 9.17) is 0 Å². The zero-order chi connectivity index (χ0) is 19.7. The lowest BCUT2D eigenvalue weighted by atomic mass is 10.1. The Labute approximate surface area is 154 Å². The van der Waals surface area contributed by atoms with Gasteiger partial charge in [-0.1, -0.05) is 18.2 Å². The van der Waals surface area contributed by atoms with E-state index in [0.717, 1.165) is 18.1 Å². The summed E-state index contributed by atoms with van der Waals surface area (Å²) in [5.41, 5.74) is 1.04. The van der Waals surface area contributed by atoms with Gasteiger partial charge in [0.05, 0.1) is 15.8 Å². The molecule has 1 atom stereocenters. The zero-order valence-electron chi connectivity index (χ0n) is 15.0. The summed E-state index contributed by atoms with van der Waals surface area (Å²) in [6, 6.07) is 11.9. The van der Waals surface area contributed by atoms with E-state index >= 15 is 0 Å². The number of hydrogen-bond donors (Lipinski definition) is 0. The Morgan fingerprint density at radius 2 is 1.42 bits per heavy atom. The maximum absolute atomic E-state index is 12.7. The zero-order valence-corrected chi connectivity index (χ0v) is 16.6. The molecule has 0 bridgehead atoms. The standard InChI is InChI=1S/C18H21NO5S2/c1-13(14-8-10-16(11-9-14)25(3,21)22)19(2)18(20)15-6-5-7-17(12-15)26(4,23)24/h5-13H,1-4H3/t13-/m0/s1. The van der Waals surface area contributed by atoms with Crippen LogP contribution in [0.5, 0.6) is 0 Å². The van der Waals surface area contributed by atoms with Crippen LogP contribution in [-0.4, -0.2) is 47.2 Å². The molecule has 0 saturated heterocycles. The van der Waals surface area contributed by atoms with E-state index in [-0.39, 0.29) is 27.3 Å². The van der Waals surface area contributed by atoms with Crippen LogP contribution in [0.4, 0.5) is 0 Å². The summed E-state index contributed by atoms with van der Waals surface area (Å²) < 4.78 is 46.4. The Bertz CT molecular complexity index is 1030. The van der Waals surface area contributed by atoms with E-state index in [1.807, 2.05) is 6.92 Å². The smallest absolute Gasteiger partial charge is 0.254 e. The lowest BCUT2D eigenvalue weighted by Crippen LogP contribution is -2.29. The van der Waals surface area contributed by atoms with Gasteiger partial charge >= 0.3 is 0 Å². The maximum atomic E-state index is 12.7. The van der Waals surface area contributed by atoms with Gasteiger partial charge in [0.15, 0.2) is 19.7 Å². The molecule has 26 heavy (non-hydrogen) atoms. The van der Waals surface area contributed by atoms with Gasteiger partial charge in [0, 0.05) is 25.1 Å². The van der Waals surface area contributed by atoms with Crippen molar-refractivity contribution in [2.45, 2.75) is 22.8 Å². The number of carbonyl (C=O) groups excluding carboxylic acids is 1. The lowest BCUT2D eigenvalue weighted by molar-refractivity contribution is 0.0742. The number of rotatable bonds is 5. The Morgan fingerprint density at radius 1 is 0.885 bits per heavy atom. The van der Waals surface area contributed by atoms with E-state index in [1.165, 1.54) is 35.2 Å². The molecule has 140 valence electrons. The van der Waals surface area contributed by atoms with E-state index in [1.54, 1.807) is 25.2 Å². The quantitative estimate of drug-likeness (QED) is 0.775. The fourth-order valence-electron chi connectivity index (χ4n) is 2.46. The summed E-state index contributed by atoms with van der Waals surface area (Å²) in [5, 5.41) is 0. The minimum atomic E-state index is -3.40. The first-order chi connectivity index (χ1) is 11.9. The molecule has 0 saturated carbocycles. The number of amides is 1. The van der Waals surface area contributed by atoms with Crippen molar-refractivity contribution in [1.29, 1.82) is 0 Å². The highest BCUT2D eigenvalue weighted by Gasteiger charge is 2.20. The molecular weight excluding hydrogens is 374 g/mol. The molecule has 0 aliphatic carbocycles. The highest BCUT2D eigenvalue weighted by molar-refractivity contribution is 7.91. The average Bonchev–Trinajstić information content (AvgIpc) is 2.58. The molecular formula is C18H21NO5S2. The second-order valence-electron chi connectivity index (χ2n) is 6.23. The van der Waals surface area contributed by atoms with Gasteiger partial charge in [-0.2, -0.15) is 0 Å². The molecule has 0 radical (unpaired) electrons. The highest BCUT2D eigenvalue weighted by atomic mass is 32.2. The molecule has 0 heterocycles. The average molecular weight is 396 g/mol. The van der Waals surface area contributed by atoms with Crippen molar-refractivity contribution in [2.75, 3.05) is 19.6 Å². The molecule has 2 aromatic carbocycles. The Balaban J connectivity index is 2.28. The van der Waals surface area contributed by atoms with E-state index in [0.29, 0.717) is 0 Å². The van der Waals surface area contributed by atoms with Gasteiger partial charge < -0.3 is 4.90 Å². The van der Waals surface area contributed by atoms with Crippen LogP contribution < -0.4 is 0 Å². The second kappa shape index (κ2) is 7.20. The molecule has 0 aliphatic rings. The third-order valence-corrected chi connectivity index (χ3v) is 6.44.